The Balaban J connectivity index is 3.75. The van der Waals surface area contributed by atoms with Gasteiger partial charge in [0.1, 0.15) is 0 Å². The summed E-state index contributed by atoms with van der Waals surface area (Å²) in [6.45, 7) is 7.67. The number of hydrogen-bond donors (Lipinski definition) is 1. The lowest BCUT2D eigenvalue weighted by atomic mass is 9.89. The maximum absolute atomic E-state index is 11.0. The minimum Gasteiger partial charge on any atom is -0.479 e. The van der Waals surface area contributed by atoms with Crippen LogP contribution in [-0.4, -0.2) is 50.7 Å². The van der Waals surface area contributed by atoms with E-state index in [4.69, 9.17) is 19.3 Å². The number of rotatable bonds is 9. The second-order valence-electron chi connectivity index (χ2n) is 5.07. The lowest BCUT2D eigenvalue weighted by molar-refractivity contribution is -0.153. The summed E-state index contributed by atoms with van der Waals surface area (Å²) in [5.74, 6) is -0.920. The first-order valence-corrected chi connectivity index (χ1v) is 5.78. The Morgan fingerprint density at radius 2 is 1.76 bits per heavy atom. The zero-order chi connectivity index (χ0) is 13.3. The van der Waals surface area contributed by atoms with Gasteiger partial charge in [0.25, 0.3) is 0 Å². The van der Waals surface area contributed by atoms with E-state index in [0.717, 1.165) is 0 Å². The predicted octanol–water partition coefficient (Wildman–Crippen LogP) is 1.56. The fourth-order valence-corrected chi connectivity index (χ4v) is 1.27. The smallest absolute Gasteiger partial charge is 0.332 e. The molecule has 0 radical (unpaired) electrons. The molecule has 0 fully saturated rings. The van der Waals surface area contributed by atoms with E-state index in [2.05, 4.69) is 0 Å². The highest BCUT2D eigenvalue weighted by molar-refractivity contribution is 5.72. The Labute approximate surface area is 103 Å². The number of carboxylic acid groups (broad SMARTS) is 1. The lowest BCUT2D eigenvalue weighted by Crippen LogP contribution is -2.30. The monoisotopic (exact) mass is 248 g/mol. The standard InChI is InChI=1S/C12H24O5/c1-12(2,3)9-10(11(13)14)17-8-7-16-6-5-15-4/h10H,5-9H2,1-4H3,(H,13,14). The Morgan fingerprint density at radius 3 is 2.24 bits per heavy atom. The lowest BCUT2D eigenvalue weighted by Gasteiger charge is -2.23. The van der Waals surface area contributed by atoms with Crippen molar-refractivity contribution in [2.24, 2.45) is 5.41 Å². The molecule has 0 aliphatic carbocycles. The van der Waals surface area contributed by atoms with E-state index in [-0.39, 0.29) is 12.0 Å². The second kappa shape index (κ2) is 8.44. The minimum atomic E-state index is -0.920. The molecule has 0 heterocycles. The number of carboxylic acids is 1. The van der Waals surface area contributed by atoms with Crippen molar-refractivity contribution >= 4 is 5.97 Å². The van der Waals surface area contributed by atoms with Crippen LogP contribution in [0, 0.1) is 5.41 Å². The van der Waals surface area contributed by atoms with Gasteiger partial charge in [-0.05, 0) is 11.8 Å². The van der Waals surface area contributed by atoms with E-state index in [9.17, 15) is 4.79 Å². The van der Waals surface area contributed by atoms with Crippen molar-refractivity contribution in [2.75, 3.05) is 33.5 Å². The van der Waals surface area contributed by atoms with E-state index in [0.29, 0.717) is 26.2 Å². The van der Waals surface area contributed by atoms with Gasteiger partial charge in [0, 0.05) is 7.11 Å². The Morgan fingerprint density at radius 1 is 1.18 bits per heavy atom. The molecule has 0 bridgehead atoms. The number of ether oxygens (including phenoxy) is 3. The first-order chi connectivity index (χ1) is 7.87. The Kier molecular flexibility index (Phi) is 8.12. The highest BCUT2D eigenvalue weighted by Gasteiger charge is 2.24. The first-order valence-electron chi connectivity index (χ1n) is 5.78. The largest absolute Gasteiger partial charge is 0.479 e. The van der Waals surface area contributed by atoms with Gasteiger partial charge in [0.05, 0.1) is 26.4 Å². The van der Waals surface area contributed by atoms with Gasteiger partial charge in [0.15, 0.2) is 6.10 Å². The van der Waals surface area contributed by atoms with Crippen LogP contribution in [0.2, 0.25) is 0 Å². The van der Waals surface area contributed by atoms with Crippen molar-refractivity contribution in [3.05, 3.63) is 0 Å². The van der Waals surface area contributed by atoms with Gasteiger partial charge in [-0.2, -0.15) is 0 Å². The molecule has 0 spiro atoms. The molecular weight excluding hydrogens is 224 g/mol. The third-order valence-corrected chi connectivity index (χ3v) is 2.05. The summed E-state index contributed by atoms with van der Waals surface area (Å²) >= 11 is 0. The van der Waals surface area contributed by atoms with Gasteiger partial charge in [-0.1, -0.05) is 20.8 Å². The first kappa shape index (κ1) is 16.4. The number of aliphatic carboxylic acids is 1. The van der Waals surface area contributed by atoms with Crippen molar-refractivity contribution in [3.63, 3.8) is 0 Å². The summed E-state index contributed by atoms with van der Waals surface area (Å²) in [5, 5.41) is 8.99. The highest BCUT2D eigenvalue weighted by Crippen LogP contribution is 2.22. The van der Waals surface area contributed by atoms with Gasteiger partial charge in [-0.15, -0.1) is 0 Å². The third-order valence-electron chi connectivity index (χ3n) is 2.05. The topological polar surface area (TPSA) is 65.0 Å². The van der Waals surface area contributed by atoms with Gasteiger partial charge in [-0.25, -0.2) is 4.79 Å². The van der Waals surface area contributed by atoms with Gasteiger partial charge < -0.3 is 19.3 Å². The van der Waals surface area contributed by atoms with Crippen molar-refractivity contribution in [1.29, 1.82) is 0 Å². The zero-order valence-corrected chi connectivity index (χ0v) is 11.2. The molecule has 1 unspecified atom stereocenters. The maximum atomic E-state index is 11.0. The van der Waals surface area contributed by atoms with Crippen molar-refractivity contribution in [3.8, 4) is 0 Å². The van der Waals surface area contributed by atoms with Crippen LogP contribution in [0.25, 0.3) is 0 Å². The SMILES string of the molecule is COCCOCCOC(CC(C)(C)C)C(=O)O. The zero-order valence-electron chi connectivity index (χ0n) is 11.2. The molecule has 1 atom stereocenters. The number of carbonyl (C=O) groups is 1. The van der Waals surface area contributed by atoms with Crippen LogP contribution in [0.4, 0.5) is 0 Å². The fourth-order valence-electron chi connectivity index (χ4n) is 1.27. The maximum Gasteiger partial charge on any atom is 0.332 e. The molecule has 0 aromatic heterocycles. The van der Waals surface area contributed by atoms with E-state index in [1.165, 1.54) is 0 Å². The van der Waals surface area contributed by atoms with E-state index in [1.54, 1.807) is 7.11 Å². The molecule has 17 heavy (non-hydrogen) atoms. The van der Waals surface area contributed by atoms with E-state index >= 15 is 0 Å². The molecule has 0 amide bonds. The number of hydrogen-bond acceptors (Lipinski definition) is 4. The molecule has 1 N–H and O–H groups in total. The van der Waals surface area contributed by atoms with Crippen molar-refractivity contribution in [1.82, 2.24) is 0 Å². The summed E-state index contributed by atoms with van der Waals surface area (Å²) in [5.41, 5.74) is -0.0695. The van der Waals surface area contributed by atoms with E-state index < -0.39 is 12.1 Å². The van der Waals surface area contributed by atoms with Crippen LogP contribution >= 0.6 is 0 Å². The summed E-state index contributed by atoms with van der Waals surface area (Å²) in [6.07, 6.45) is -0.276. The van der Waals surface area contributed by atoms with Crippen LogP contribution in [0.1, 0.15) is 27.2 Å². The molecule has 0 saturated heterocycles. The van der Waals surface area contributed by atoms with Crippen LogP contribution in [-0.2, 0) is 19.0 Å². The van der Waals surface area contributed by atoms with Crippen molar-refractivity contribution in [2.45, 2.75) is 33.3 Å². The molecule has 0 aromatic carbocycles. The molecule has 0 aliphatic heterocycles. The molecule has 0 aliphatic rings. The predicted molar refractivity (Wildman–Crippen MR) is 64.1 cm³/mol. The molecular formula is C12H24O5. The summed E-state index contributed by atoms with van der Waals surface area (Å²) < 4.78 is 15.3. The molecule has 0 rings (SSSR count). The van der Waals surface area contributed by atoms with Gasteiger partial charge in [-0.3, -0.25) is 0 Å². The van der Waals surface area contributed by atoms with Crippen molar-refractivity contribution < 1.29 is 24.1 Å². The van der Waals surface area contributed by atoms with Gasteiger partial charge >= 0.3 is 5.97 Å². The van der Waals surface area contributed by atoms with Crippen LogP contribution in [0.15, 0.2) is 0 Å². The minimum absolute atomic E-state index is 0.0695. The molecule has 5 heteroatoms. The van der Waals surface area contributed by atoms with Crippen LogP contribution in [0.5, 0.6) is 0 Å². The molecule has 102 valence electrons. The number of methoxy groups -OCH3 is 1. The Bertz CT molecular complexity index is 209. The third kappa shape index (κ3) is 10.2. The average Bonchev–Trinajstić information content (AvgIpc) is 2.19. The average molecular weight is 248 g/mol. The second-order valence-corrected chi connectivity index (χ2v) is 5.07. The fraction of sp³-hybridized carbons (Fsp3) is 0.917. The summed E-state index contributed by atoms with van der Waals surface area (Å²) in [7, 11) is 1.60. The summed E-state index contributed by atoms with van der Waals surface area (Å²) in [4.78, 5) is 11.0. The normalized spacial score (nSPS) is 13.6. The molecule has 0 aromatic rings. The Hall–Kier alpha value is -0.650. The van der Waals surface area contributed by atoms with Crippen LogP contribution in [0.3, 0.4) is 0 Å². The molecule has 0 saturated carbocycles. The highest BCUT2D eigenvalue weighted by atomic mass is 16.6. The quantitative estimate of drug-likeness (QED) is 0.627. The summed E-state index contributed by atoms with van der Waals surface area (Å²) in [6, 6.07) is 0. The molecule has 5 nitrogen and oxygen atoms in total. The van der Waals surface area contributed by atoms with Gasteiger partial charge in [0.2, 0.25) is 0 Å². The van der Waals surface area contributed by atoms with E-state index in [1.807, 2.05) is 20.8 Å². The van der Waals surface area contributed by atoms with Crippen LogP contribution < -0.4 is 0 Å².